The molecule has 120 valence electrons. The van der Waals surface area contributed by atoms with Gasteiger partial charge in [-0.1, -0.05) is 18.2 Å². The predicted molar refractivity (Wildman–Crippen MR) is 84.8 cm³/mol. The number of fused-ring (bicyclic) bond motifs is 1. The van der Waals surface area contributed by atoms with Crippen LogP contribution >= 0.6 is 0 Å². The summed E-state index contributed by atoms with van der Waals surface area (Å²) in [7, 11) is 0. The lowest BCUT2D eigenvalue weighted by Crippen LogP contribution is -2.33. The molecule has 0 saturated carbocycles. The van der Waals surface area contributed by atoms with Gasteiger partial charge in [0.15, 0.2) is 5.76 Å². The third-order valence-corrected chi connectivity index (χ3v) is 3.41. The molecule has 2 N–H and O–H groups in total. The molecule has 1 unspecified atom stereocenters. The first-order chi connectivity index (χ1) is 10.5. The number of carbonyl (C=O) groups is 1. The fourth-order valence-electron chi connectivity index (χ4n) is 2.23. The largest absolute Gasteiger partial charge is 0.451 e. The summed E-state index contributed by atoms with van der Waals surface area (Å²) in [6.07, 6.45) is 0.571. The fourth-order valence-corrected chi connectivity index (χ4v) is 2.23. The number of nitrogens with one attached hydrogen (secondary N) is 1. The number of aliphatic hydroxyl groups excluding tert-OH is 1. The Bertz CT molecular complexity index is 633. The van der Waals surface area contributed by atoms with Gasteiger partial charge in [-0.25, -0.2) is 0 Å². The predicted octanol–water partition coefficient (Wildman–Crippen LogP) is 2.86. The van der Waals surface area contributed by atoms with Crippen LogP contribution in [0.1, 0.15) is 43.3 Å². The maximum absolute atomic E-state index is 12.4. The van der Waals surface area contributed by atoms with Crippen molar-refractivity contribution in [3.8, 4) is 0 Å². The summed E-state index contributed by atoms with van der Waals surface area (Å²) in [5.41, 5.74) is 1.43. The third kappa shape index (κ3) is 3.87. The van der Waals surface area contributed by atoms with Crippen LogP contribution in [0, 0.1) is 0 Å². The molecule has 0 bridgehead atoms. The van der Waals surface area contributed by atoms with Gasteiger partial charge in [0.25, 0.3) is 5.91 Å². The number of rotatable bonds is 7. The molecule has 5 nitrogen and oxygen atoms in total. The Kier molecular flexibility index (Phi) is 5.57. The first-order valence-electron chi connectivity index (χ1n) is 7.56. The number of hydrogen-bond acceptors (Lipinski definition) is 4. The van der Waals surface area contributed by atoms with Gasteiger partial charge >= 0.3 is 0 Å². The molecule has 1 heterocycles. The highest BCUT2D eigenvalue weighted by atomic mass is 16.5. The van der Waals surface area contributed by atoms with Crippen LogP contribution in [0.15, 0.2) is 28.7 Å². The van der Waals surface area contributed by atoms with Gasteiger partial charge in [0.1, 0.15) is 5.58 Å². The van der Waals surface area contributed by atoms with E-state index in [0.717, 1.165) is 10.9 Å². The van der Waals surface area contributed by atoms with E-state index < -0.39 is 0 Å². The third-order valence-electron chi connectivity index (χ3n) is 3.41. The maximum Gasteiger partial charge on any atom is 0.287 e. The number of furan rings is 1. The van der Waals surface area contributed by atoms with Crippen LogP contribution in [0.4, 0.5) is 0 Å². The van der Waals surface area contributed by atoms with Crippen molar-refractivity contribution in [2.45, 2.75) is 45.9 Å². The number of hydrogen-bond donors (Lipinski definition) is 2. The fraction of sp³-hybridized carbons (Fsp3) is 0.471. The van der Waals surface area contributed by atoms with Crippen LogP contribution in [0.5, 0.6) is 0 Å². The zero-order valence-corrected chi connectivity index (χ0v) is 13.3. The van der Waals surface area contributed by atoms with Crippen LogP contribution in [0.2, 0.25) is 0 Å². The normalized spacial score (nSPS) is 12.8. The molecule has 5 heteroatoms. The standard InChI is InChI=1S/C17H23NO4/c1-11(2)21-10-14-13-6-4-5-7-15(13)22-16(14)17(20)18-12(3)8-9-19/h4-7,11-12,19H,8-10H2,1-3H3,(H,18,20). The van der Waals surface area contributed by atoms with E-state index in [1.54, 1.807) is 0 Å². The van der Waals surface area contributed by atoms with E-state index in [4.69, 9.17) is 14.3 Å². The van der Waals surface area contributed by atoms with E-state index in [-0.39, 0.29) is 30.4 Å². The average Bonchev–Trinajstić information content (AvgIpc) is 2.84. The lowest BCUT2D eigenvalue weighted by atomic mass is 10.1. The molecule has 0 fully saturated rings. The molecule has 0 spiro atoms. The van der Waals surface area contributed by atoms with Crippen molar-refractivity contribution in [2.24, 2.45) is 0 Å². The van der Waals surface area contributed by atoms with Crippen molar-refractivity contribution in [3.63, 3.8) is 0 Å². The van der Waals surface area contributed by atoms with Crippen LogP contribution < -0.4 is 5.32 Å². The summed E-state index contributed by atoms with van der Waals surface area (Å²) < 4.78 is 11.4. The van der Waals surface area contributed by atoms with E-state index in [1.165, 1.54) is 0 Å². The van der Waals surface area contributed by atoms with Crippen molar-refractivity contribution < 1.29 is 19.1 Å². The van der Waals surface area contributed by atoms with Crippen molar-refractivity contribution in [2.75, 3.05) is 6.61 Å². The number of para-hydroxylation sites is 1. The van der Waals surface area contributed by atoms with Gasteiger partial charge in [-0.2, -0.15) is 0 Å². The zero-order chi connectivity index (χ0) is 16.1. The number of benzene rings is 1. The lowest BCUT2D eigenvalue weighted by Gasteiger charge is -2.12. The molecule has 1 aromatic heterocycles. The molecule has 0 aliphatic rings. The first-order valence-corrected chi connectivity index (χ1v) is 7.56. The molecule has 1 amide bonds. The van der Waals surface area contributed by atoms with Crippen molar-refractivity contribution >= 4 is 16.9 Å². The van der Waals surface area contributed by atoms with E-state index in [0.29, 0.717) is 18.6 Å². The average molecular weight is 305 g/mol. The molecule has 0 saturated heterocycles. The van der Waals surface area contributed by atoms with Gasteiger partial charge in [0, 0.05) is 23.6 Å². The lowest BCUT2D eigenvalue weighted by molar-refractivity contribution is 0.0642. The Balaban J connectivity index is 2.30. The molecule has 2 aromatic rings. The maximum atomic E-state index is 12.4. The highest BCUT2D eigenvalue weighted by Gasteiger charge is 2.21. The van der Waals surface area contributed by atoms with Gasteiger partial charge in [-0.05, 0) is 33.3 Å². The van der Waals surface area contributed by atoms with Crippen LogP contribution in [-0.4, -0.2) is 29.8 Å². The summed E-state index contributed by atoms with van der Waals surface area (Å²) in [6.45, 7) is 6.11. The summed E-state index contributed by atoms with van der Waals surface area (Å²) in [4.78, 5) is 12.4. The number of ether oxygens (including phenoxy) is 1. The molecule has 0 radical (unpaired) electrons. The topological polar surface area (TPSA) is 71.7 Å². The first kappa shape index (κ1) is 16.5. The van der Waals surface area contributed by atoms with Crippen LogP contribution in [-0.2, 0) is 11.3 Å². The second kappa shape index (κ2) is 7.42. The van der Waals surface area contributed by atoms with E-state index >= 15 is 0 Å². The Morgan fingerprint density at radius 1 is 1.32 bits per heavy atom. The van der Waals surface area contributed by atoms with Gasteiger partial charge in [-0.3, -0.25) is 4.79 Å². The summed E-state index contributed by atoms with van der Waals surface area (Å²) >= 11 is 0. The van der Waals surface area contributed by atoms with Crippen molar-refractivity contribution in [1.29, 1.82) is 0 Å². The smallest absolute Gasteiger partial charge is 0.287 e. The Hall–Kier alpha value is -1.85. The molecule has 0 aliphatic heterocycles. The Labute approximate surface area is 130 Å². The Morgan fingerprint density at radius 2 is 2.05 bits per heavy atom. The second-order valence-corrected chi connectivity index (χ2v) is 5.65. The molecule has 22 heavy (non-hydrogen) atoms. The van der Waals surface area contributed by atoms with Gasteiger partial charge < -0.3 is 19.6 Å². The summed E-state index contributed by atoms with van der Waals surface area (Å²) in [5, 5.41) is 12.7. The van der Waals surface area contributed by atoms with Gasteiger partial charge in [-0.15, -0.1) is 0 Å². The van der Waals surface area contributed by atoms with E-state index in [9.17, 15) is 4.79 Å². The van der Waals surface area contributed by atoms with Crippen molar-refractivity contribution in [1.82, 2.24) is 5.32 Å². The molecule has 1 aromatic carbocycles. The van der Waals surface area contributed by atoms with E-state index in [2.05, 4.69) is 5.32 Å². The molecule has 1 atom stereocenters. The van der Waals surface area contributed by atoms with Gasteiger partial charge in [0.2, 0.25) is 0 Å². The minimum Gasteiger partial charge on any atom is -0.451 e. The quantitative estimate of drug-likeness (QED) is 0.825. The summed E-state index contributed by atoms with van der Waals surface area (Å²) in [5.74, 6) is 0.00569. The number of carbonyl (C=O) groups excluding carboxylic acids is 1. The molecule has 0 aliphatic carbocycles. The highest BCUT2D eigenvalue weighted by Crippen LogP contribution is 2.27. The Morgan fingerprint density at radius 3 is 2.73 bits per heavy atom. The van der Waals surface area contributed by atoms with Crippen LogP contribution in [0.25, 0.3) is 11.0 Å². The monoisotopic (exact) mass is 305 g/mol. The molecular weight excluding hydrogens is 282 g/mol. The molecule has 2 rings (SSSR count). The number of aliphatic hydroxyl groups is 1. The minimum absolute atomic E-state index is 0.0326. The van der Waals surface area contributed by atoms with Crippen LogP contribution in [0.3, 0.4) is 0 Å². The SMILES string of the molecule is CC(CCO)NC(=O)c1oc2ccccc2c1COC(C)C. The second-order valence-electron chi connectivity index (χ2n) is 5.65. The van der Waals surface area contributed by atoms with Gasteiger partial charge in [0.05, 0.1) is 12.7 Å². The molecular formula is C17H23NO4. The minimum atomic E-state index is -0.278. The number of amides is 1. The zero-order valence-electron chi connectivity index (χ0n) is 13.3. The highest BCUT2D eigenvalue weighted by molar-refractivity contribution is 5.99. The van der Waals surface area contributed by atoms with Crippen molar-refractivity contribution in [3.05, 3.63) is 35.6 Å². The van der Waals surface area contributed by atoms with E-state index in [1.807, 2.05) is 45.0 Å². The summed E-state index contributed by atoms with van der Waals surface area (Å²) in [6, 6.07) is 7.42.